The minimum atomic E-state index is -5.68. The fraction of sp³-hybridized carbons (Fsp3) is 0.576. The van der Waals surface area contributed by atoms with E-state index in [9.17, 15) is 44.3 Å². The van der Waals surface area contributed by atoms with Crippen molar-refractivity contribution in [3.8, 4) is 0 Å². The van der Waals surface area contributed by atoms with Gasteiger partial charge in [0.25, 0.3) is 0 Å². The topological polar surface area (TPSA) is 57.6 Å². The van der Waals surface area contributed by atoms with Crippen LogP contribution in [0.25, 0.3) is 5.57 Å². The van der Waals surface area contributed by atoms with E-state index in [-0.39, 0.29) is 29.2 Å². The summed E-state index contributed by atoms with van der Waals surface area (Å²) in [4.78, 5) is 2.07. The van der Waals surface area contributed by atoms with Crippen LogP contribution in [-0.2, 0) is 9.84 Å². The Morgan fingerprint density at radius 1 is 0.867 bits per heavy atom. The number of fused-ring (bicyclic) bond motifs is 1. The number of benzene rings is 1. The number of aliphatic hydroxyl groups excluding tert-OH is 1. The first-order valence-corrected chi connectivity index (χ1v) is 17.2. The summed E-state index contributed by atoms with van der Waals surface area (Å²) in [6, 6.07) is 6.25. The predicted octanol–water partition coefficient (Wildman–Crippen LogP) is 9.14. The maximum absolute atomic E-state index is 14.5. The molecule has 1 N–H and O–H groups in total. The van der Waals surface area contributed by atoms with E-state index >= 15 is 0 Å². The van der Waals surface area contributed by atoms with Gasteiger partial charge < -0.3 is 10.0 Å². The summed E-state index contributed by atoms with van der Waals surface area (Å²) < 4.78 is 115. The van der Waals surface area contributed by atoms with Gasteiger partial charge in [-0.05, 0) is 106 Å². The predicted molar refractivity (Wildman–Crippen MR) is 163 cm³/mol. The molecule has 0 saturated heterocycles. The van der Waals surface area contributed by atoms with Crippen molar-refractivity contribution in [2.24, 2.45) is 11.8 Å². The van der Waals surface area contributed by atoms with E-state index in [1.807, 2.05) is 19.2 Å². The second kappa shape index (κ2) is 16.3. The van der Waals surface area contributed by atoms with Gasteiger partial charge in [0.05, 0.1) is 11.5 Å². The molecule has 2 unspecified atom stereocenters. The number of halogens is 7. The summed E-state index contributed by atoms with van der Waals surface area (Å²) in [5.41, 5.74) is 2.86. The zero-order valence-electron chi connectivity index (χ0n) is 25.4. The molecular formula is C33H42F7NO3S. The van der Waals surface area contributed by atoms with Gasteiger partial charge >= 0.3 is 12.1 Å². The van der Waals surface area contributed by atoms with Gasteiger partial charge in [-0.3, -0.25) is 0 Å². The van der Waals surface area contributed by atoms with Crippen molar-refractivity contribution in [1.82, 2.24) is 4.90 Å². The Kier molecular flexibility index (Phi) is 13.3. The SMILES string of the molecule is CN(CCCCCCC1=C(c2ccc(F)cc2)C=CCC2C=C(O)C(F)=CC12)CCCCS(=O)(=O)CCCC(F)(F)C(F)(F)F. The number of hydrogen-bond acceptors (Lipinski definition) is 4. The van der Waals surface area contributed by atoms with E-state index in [1.165, 1.54) is 18.2 Å². The number of aliphatic hydroxyl groups is 1. The summed E-state index contributed by atoms with van der Waals surface area (Å²) in [5, 5.41) is 9.96. The van der Waals surface area contributed by atoms with Gasteiger partial charge in [-0.15, -0.1) is 0 Å². The average molecular weight is 666 g/mol. The van der Waals surface area contributed by atoms with Gasteiger partial charge in [-0.1, -0.05) is 42.7 Å². The van der Waals surface area contributed by atoms with Crippen LogP contribution in [0.2, 0.25) is 0 Å². The molecule has 3 rings (SSSR count). The van der Waals surface area contributed by atoms with Crippen LogP contribution in [0.4, 0.5) is 30.7 Å². The van der Waals surface area contributed by atoms with Crippen molar-refractivity contribution >= 4 is 15.4 Å². The monoisotopic (exact) mass is 665 g/mol. The van der Waals surface area contributed by atoms with E-state index in [4.69, 9.17) is 0 Å². The lowest BCUT2D eigenvalue weighted by Gasteiger charge is -2.28. The molecule has 0 bridgehead atoms. The van der Waals surface area contributed by atoms with Crippen molar-refractivity contribution in [3.05, 3.63) is 77.1 Å². The Hall–Kier alpha value is -2.60. The zero-order chi connectivity index (χ0) is 33.3. The molecule has 12 heteroatoms. The molecule has 0 heterocycles. The number of hydrogen-bond donors (Lipinski definition) is 1. The Bertz CT molecular complexity index is 1350. The second-order valence-corrected chi connectivity index (χ2v) is 14.3. The lowest BCUT2D eigenvalue weighted by atomic mass is 9.77. The molecule has 0 spiro atoms. The van der Waals surface area contributed by atoms with Crippen molar-refractivity contribution in [3.63, 3.8) is 0 Å². The third-order valence-electron chi connectivity index (χ3n) is 8.34. The second-order valence-electron chi connectivity index (χ2n) is 12.0. The molecule has 45 heavy (non-hydrogen) atoms. The molecule has 4 nitrogen and oxygen atoms in total. The first kappa shape index (κ1) is 36.9. The van der Waals surface area contributed by atoms with E-state index in [2.05, 4.69) is 4.90 Å². The molecule has 0 aliphatic heterocycles. The Morgan fingerprint density at radius 3 is 2.16 bits per heavy atom. The van der Waals surface area contributed by atoms with Crippen LogP contribution in [-0.4, -0.2) is 62.2 Å². The van der Waals surface area contributed by atoms with Crippen LogP contribution in [0.1, 0.15) is 69.8 Å². The molecule has 0 saturated carbocycles. The first-order chi connectivity index (χ1) is 21.1. The van der Waals surface area contributed by atoms with Crippen LogP contribution in [0.3, 0.4) is 0 Å². The molecule has 2 aliphatic rings. The number of alkyl halides is 5. The fourth-order valence-corrected chi connectivity index (χ4v) is 7.22. The number of allylic oxidation sites excluding steroid dienone is 7. The molecule has 2 atom stereocenters. The lowest BCUT2D eigenvalue weighted by Crippen LogP contribution is -2.36. The highest BCUT2D eigenvalue weighted by atomic mass is 32.2. The van der Waals surface area contributed by atoms with Gasteiger partial charge in [0, 0.05) is 12.3 Å². The molecule has 0 radical (unpaired) electrons. The summed E-state index contributed by atoms with van der Waals surface area (Å²) in [6.07, 6.45) is 4.95. The number of sulfone groups is 1. The molecule has 2 aliphatic carbocycles. The van der Waals surface area contributed by atoms with Gasteiger partial charge in [0.15, 0.2) is 5.83 Å². The van der Waals surface area contributed by atoms with Crippen molar-refractivity contribution in [1.29, 1.82) is 0 Å². The number of nitrogens with zero attached hydrogens (tertiary/aromatic N) is 1. The fourth-order valence-electron chi connectivity index (χ4n) is 5.79. The highest BCUT2D eigenvalue weighted by molar-refractivity contribution is 7.91. The minimum Gasteiger partial charge on any atom is -0.505 e. The highest BCUT2D eigenvalue weighted by Crippen LogP contribution is 2.42. The molecule has 0 amide bonds. The number of rotatable bonds is 17. The van der Waals surface area contributed by atoms with E-state index < -0.39 is 46.4 Å². The van der Waals surface area contributed by atoms with Crippen LogP contribution < -0.4 is 0 Å². The van der Waals surface area contributed by atoms with Gasteiger partial charge in [0.1, 0.15) is 21.4 Å². The molecule has 252 valence electrons. The Labute approximate surface area is 261 Å². The van der Waals surface area contributed by atoms with Crippen molar-refractivity contribution in [2.75, 3.05) is 31.6 Å². The minimum absolute atomic E-state index is 0.0727. The van der Waals surface area contributed by atoms with E-state index in [0.717, 1.165) is 55.4 Å². The first-order valence-electron chi connectivity index (χ1n) is 15.4. The summed E-state index contributed by atoms with van der Waals surface area (Å²) in [6.45, 7) is 1.41. The Morgan fingerprint density at radius 2 is 1.49 bits per heavy atom. The molecular weight excluding hydrogens is 623 g/mol. The average Bonchev–Trinajstić information content (AvgIpc) is 3.12. The van der Waals surface area contributed by atoms with E-state index in [1.54, 1.807) is 18.2 Å². The van der Waals surface area contributed by atoms with Gasteiger partial charge in [-0.25, -0.2) is 17.2 Å². The van der Waals surface area contributed by atoms with Crippen LogP contribution in [0.5, 0.6) is 0 Å². The highest BCUT2D eigenvalue weighted by Gasteiger charge is 2.56. The quantitative estimate of drug-likeness (QED) is 0.133. The zero-order valence-corrected chi connectivity index (χ0v) is 26.3. The van der Waals surface area contributed by atoms with Gasteiger partial charge in [0.2, 0.25) is 0 Å². The maximum atomic E-state index is 14.5. The van der Waals surface area contributed by atoms with Crippen molar-refractivity contribution in [2.45, 2.75) is 76.3 Å². The molecule has 0 fully saturated rings. The maximum Gasteiger partial charge on any atom is 0.453 e. The largest absolute Gasteiger partial charge is 0.505 e. The smallest absolute Gasteiger partial charge is 0.453 e. The summed E-state index contributed by atoms with van der Waals surface area (Å²) >= 11 is 0. The molecule has 1 aromatic carbocycles. The standard InChI is InChI=1S/C33H42F7NO3S/c1-41(19-6-7-20-45(43,44)21-9-17-32(36,37)33(38,39)40)18-5-3-2-4-11-28-27(24-13-15-26(34)16-14-24)12-8-10-25-22-31(42)30(35)23-29(25)28/h8,12-16,22-23,25,29,42H,2-7,9-11,17-21H2,1H3. The number of unbranched alkanes of at least 4 members (excludes halogenated alkanes) is 4. The van der Waals surface area contributed by atoms with Crippen LogP contribution in [0.15, 0.2) is 65.7 Å². The Balaban J connectivity index is 1.40. The van der Waals surface area contributed by atoms with Crippen molar-refractivity contribution < 1.29 is 44.3 Å². The third-order valence-corrected chi connectivity index (χ3v) is 10.2. The van der Waals surface area contributed by atoms with Crippen LogP contribution >= 0.6 is 0 Å². The van der Waals surface area contributed by atoms with E-state index in [0.29, 0.717) is 25.8 Å². The summed E-state index contributed by atoms with van der Waals surface area (Å²) in [5.74, 6) is -7.44. The van der Waals surface area contributed by atoms with Gasteiger partial charge in [-0.2, -0.15) is 22.0 Å². The molecule has 0 aromatic heterocycles. The summed E-state index contributed by atoms with van der Waals surface area (Å²) in [7, 11) is -1.79. The van der Waals surface area contributed by atoms with Crippen LogP contribution in [0, 0.1) is 17.7 Å². The third kappa shape index (κ3) is 11.3. The lowest BCUT2D eigenvalue weighted by molar-refractivity contribution is -0.284. The molecule has 1 aromatic rings. The normalized spacial score (nSPS) is 19.4.